The summed E-state index contributed by atoms with van der Waals surface area (Å²) in [5.41, 5.74) is 0.0220. The first-order chi connectivity index (χ1) is 8.67. The highest BCUT2D eigenvalue weighted by atomic mass is 16.6. The third-order valence-corrected chi connectivity index (χ3v) is 2.36. The van der Waals surface area contributed by atoms with Gasteiger partial charge in [-0.2, -0.15) is 0 Å². The molecule has 0 saturated heterocycles. The smallest absolute Gasteiger partial charge is 0.276 e. The molecule has 0 aliphatic carbocycles. The summed E-state index contributed by atoms with van der Waals surface area (Å²) in [4.78, 5) is 14.5. The van der Waals surface area contributed by atoms with Crippen LogP contribution in [-0.4, -0.2) is 37.2 Å². The van der Waals surface area contributed by atoms with Gasteiger partial charge in [-0.1, -0.05) is 0 Å². The molecule has 1 rings (SSSR count). The standard InChI is InChI=1S/C11H18N4O3/c1-12-10-7-9(15(16)17)8-11(14-10)13-5-3-4-6-18-2/h7-8H,3-6H2,1-2H3,(H2,12,13,14). The molecule has 1 aromatic heterocycles. The Balaban J connectivity index is 2.58. The zero-order valence-corrected chi connectivity index (χ0v) is 10.6. The predicted octanol–water partition coefficient (Wildman–Crippen LogP) is 1.87. The van der Waals surface area contributed by atoms with Gasteiger partial charge in [-0.3, -0.25) is 10.1 Å². The molecule has 100 valence electrons. The van der Waals surface area contributed by atoms with Gasteiger partial charge in [0.2, 0.25) is 0 Å². The fourth-order valence-corrected chi connectivity index (χ4v) is 1.43. The summed E-state index contributed by atoms with van der Waals surface area (Å²) in [6, 6.07) is 2.83. The molecule has 0 fully saturated rings. The summed E-state index contributed by atoms with van der Waals surface area (Å²) < 4.78 is 4.94. The lowest BCUT2D eigenvalue weighted by Gasteiger charge is -2.07. The first-order valence-corrected chi connectivity index (χ1v) is 5.74. The van der Waals surface area contributed by atoms with E-state index in [2.05, 4.69) is 15.6 Å². The minimum absolute atomic E-state index is 0.0220. The van der Waals surface area contributed by atoms with Crippen molar-refractivity contribution in [2.24, 2.45) is 0 Å². The van der Waals surface area contributed by atoms with Gasteiger partial charge in [-0.25, -0.2) is 4.98 Å². The number of pyridine rings is 1. The van der Waals surface area contributed by atoms with E-state index in [-0.39, 0.29) is 5.69 Å². The van der Waals surface area contributed by atoms with E-state index in [1.165, 1.54) is 12.1 Å². The molecule has 0 aliphatic heterocycles. The summed E-state index contributed by atoms with van der Waals surface area (Å²) in [7, 11) is 3.34. The molecule has 2 N–H and O–H groups in total. The van der Waals surface area contributed by atoms with E-state index in [1.54, 1.807) is 14.2 Å². The van der Waals surface area contributed by atoms with Gasteiger partial charge in [0.05, 0.1) is 17.1 Å². The lowest BCUT2D eigenvalue weighted by Crippen LogP contribution is -2.06. The van der Waals surface area contributed by atoms with Crippen LogP contribution in [0.2, 0.25) is 0 Å². The average molecular weight is 254 g/mol. The number of unbranched alkanes of at least 4 members (excludes halogenated alkanes) is 1. The zero-order chi connectivity index (χ0) is 13.4. The number of hydrogen-bond donors (Lipinski definition) is 2. The monoisotopic (exact) mass is 254 g/mol. The molecule has 0 unspecified atom stereocenters. The van der Waals surface area contributed by atoms with Crippen molar-refractivity contribution in [2.45, 2.75) is 12.8 Å². The van der Waals surface area contributed by atoms with Crippen LogP contribution in [0, 0.1) is 10.1 Å². The van der Waals surface area contributed by atoms with Crippen LogP contribution in [-0.2, 0) is 4.74 Å². The number of rotatable bonds is 8. The molecule has 18 heavy (non-hydrogen) atoms. The van der Waals surface area contributed by atoms with Crippen LogP contribution in [0.5, 0.6) is 0 Å². The Hall–Kier alpha value is -1.89. The minimum atomic E-state index is -0.432. The first-order valence-electron chi connectivity index (χ1n) is 5.74. The summed E-state index contributed by atoms with van der Waals surface area (Å²) in [6.45, 7) is 1.42. The predicted molar refractivity (Wildman–Crippen MR) is 70.0 cm³/mol. The Labute approximate surface area is 106 Å². The summed E-state index contributed by atoms with van der Waals surface area (Å²) in [5, 5.41) is 16.6. The molecule has 7 nitrogen and oxygen atoms in total. The Morgan fingerprint density at radius 1 is 1.39 bits per heavy atom. The largest absolute Gasteiger partial charge is 0.385 e. The van der Waals surface area contributed by atoms with Gasteiger partial charge >= 0.3 is 0 Å². The average Bonchev–Trinajstić information content (AvgIpc) is 2.38. The molecule has 1 heterocycles. The van der Waals surface area contributed by atoms with E-state index in [1.807, 2.05) is 0 Å². The lowest BCUT2D eigenvalue weighted by molar-refractivity contribution is -0.384. The molecule has 0 bridgehead atoms. The number of methoxy groups -OCH3 is 1. The first kappa shape index (κ1) is 14.2. The zero-order valence-electron chi connectivity index (χ0n) is 10.6. The Morgan fingerprint density at radius 3 is 2.72 bits per heavy atom. The highest BCUT2D eigenvalue weighted by molar-refractivity contribution is 5.54. The van der Waals surface area contributed by atoms with E-state index < -0.39 is 4.92 Å². The molecule has 0 spiro atoms. The molecule has 0 aromatic carbocycles. The molecule has 0 atom stereocenters. The number of anilines is 2. The minimum Gasteiger partial charge on any atom is -0.385 e. The molecule has 0 aliphatic rings. The maximum atomic E-state index is 10.7. The Kier molecular flexibility index (Phi) is 5.86. The quantitative estimate of drug-likeness (QED) is 0.418. The van der Waals surface area contributed by atoms with Crippen molar-refractivity contribution in [2.75, 3.05) is 37.9 Å². The number of nitrogens with one attached hydrogen (secondary N) is 2. The fraction of sp³-hybridized carbons (Fsp3) is 0.545. The van der Waals surface area contributed by atoms with Gasteiger partial charge in [0.25, 0.3) is 5.69 Å². The lowest BCUT2D eigenvalue weighted by atomic mass is 10.3. The van der Waals surface area contributed by atoms with E-state index in [9.17, 15) is 10.1 Å². The van der Waals surface area contributed by atoms with Crippen molar-refractivity contribution in [3.8, 4) is 0 Å². The third kappa shape index (κ3) is 4.54. The van der Waals surface area contributed by atoms with Crippen molar-refractivity contribution in [3.63, 3.8) is 0 Å². The number of hydrogen-bond acceptors (Lipinski definition) is 6. The van der Waals surface area contributed by atoms with E-state index >= 15 is 0 Å². The van der Waals surface area contributed by atoms with E-state index in [0.717, 1.165) is 12.8 Å². The maximum absolute atomic E-state index is 10.7. The molecular formula is C11H18N4O3. The summed E-state index contributed by atoms with van der Waals surface area (Å²) in [6.07, 6.45) is 1.87. The SMILES string of the molecule is CNc1cc([N+](=O)[O-])cc(NCCCCOC)n1. The molecule has 7 heteroatoms. The topological polar surface area (TPSA) is 89.3 Å². The Morgan fingerprint density at radius 2 is 2.11 bits per heavy atom. The van der Waals surface area contributed by atoms with Gasteiger partial charge in [0.1, 0.15) is 11.6 Å². The van der Waals surface area contributed by atoms with Crippen LogP contribution in [0.3, 0.4) is 0 Å². The second kappa shape index (κ2) is 7.44. The van der Waals surface area contributed by atoms with Crippen molar-refractivity contribution in [1.29, 1.82) is 0 Å². The van der Waals surface area contributed by atoms with Gasteiger partial charge in [-0.15, -0.1) is 0 Å². The van der Waals surface area contributed by atoms with Crippen molar-refractivity contribution >= 4 is 17.3 Å². The van der Waals surface area contributed by atoms with Crippen LogP contribution in [0.1, 0.15) is 12.8 Å². The van der Waals surface area contributed by atoms with Gasteiger partial charge in [-0.05, 0) is 12.8 Å². The number of nitro groups is 1. The number of ether oxygens (including phenoxy) is 1. The van der Waals surface area contributed by atoms with Gasteiger partial charge < -0.3 is 15.4 Å². The Bertz CT molecular complexity index is 398. The summed E-state index contributed by atoms with van der Waals surface area (Å²) >= 11 is 0. The second-order valence-corrected chi connectivity index (χ2v) is 3.73. The second-order valence-electron chi connectivity index (χ2n) is 3.73. The van der Waals surface area contributed by atoms with Crippen LogP contribution in [0.4, 0.5) is 17.3 Å². The van der Waals surface area contributed by atoms with Crippen LogP contribution in [0.25, 0.3) is 0 Å². The molecule has 0 radical (unpaired) electrons. The fourth-order valence-electron chi connectivity index (χ4n) is 1.43. The molecule has 1 aromatic rings. The van der Waals surface area contributed by atoms with Crippen molar-refractivity contribution in [3.05, 3.63) is 22.2 Å². The molecule has 0 saturated carbocycles. The van der Waals surface area contributed by atoms with Crippen LogP contribution < -0.4 is 10.6 Å². The van der Waals surface area contributed by atoms with Crippen LogP contribution >= 0.6 is 0 Å². The van der Waals surface area contributed by atoms with Crippen molar-refractivity contribution < 1.29 is 9.66 Å². The maximum Gasteiger partial charge on any atom is 0.276 e. The number of aromatic nitrogens is 1. The molecular weight excluding hydrogens is 236 g/mol. The third-order valence-electron chi connectivity index (χ3n) is 2.36. The normalized spacial score (nSPS) is 10.1. The van der Waals surface area contributed by atoms with Crippen LogP contribution in [0.15, 0.2) is 12.1 Å². The highest BCUT2D eigenvalue weighted by Crippen LogP contribution is 2.20. The van der Waals surface area contributed by atoms with Gasteiger partial charge in [0.15, 0.2) is 0 Å². The van der Waals surface area contributed by atoms with Gasteiger partial charge in [0, 0.05) is 27.3 Å². The molecule has 0 amide bonds. The van der Waals surface area contributed by atoms with Crippen molar-refractivity contribution in [1.82, 2.24) is 4.98 Å². The van der Waals surface area contributed by atoms with E-state index in [4.69, 9.17) is 4.74 Å². The summed E-state index contributed by atoms with van der Waals surface area (Å²) in [5.74, 6) is 0.981. The highest BCUT2D eigenvalue weighted by Gasteiger charge is 2.10. The number of nitrogens with zero attached hydrogens (tertiary/aromatic N) is 2. The van der Waals surface area contributed by atoms with E-state index in [0.29, 0.717) is 24.8 Å².